The minimum absolute atomic E-state index is 0.0107. The maximum atomic E-state index is 13.0. The van der Waals surface area contributed by atoms with Gasteiger partial charge in [0.15, 0.2) is 5.96 Å². The first kappa shape index (κ1) is 29.4. The lowest BCUT2D eigenvalue weighted by Crippen LogP contribution is -2.54. The van der Waals surface area contributed by atoms with Gasteiger partial charge in [0.2, 0.25) is 23.6 Å². The molecule has 0 aliphatic rings. The van der Waals surface area contributed by atoms with Crippen molar-refractivity contribution < 1.29 is 19.2 Å². The summed E-state index contributed by atoms with van der Waals surface area (Å²) in [5.41, 5.74) is 22.6. The standard InChI is InChI=1S/C24H34N8O4S/c25-17(6-3-9-29-24(27)28)22(35)32-18(11-14-7-8-15-4-1-2-5-16(15)10-14)23(36)30-12-20(33)31-19(13-37)21(26)34/h1-2,4-5,7-8,10,17-19,37H,3,6,9,11-13,25H2,(H2,26,34)(H,30,36)(H,31,33)(H,32,35)(H4,27,28,29)/t17-,18?,19?/m1/s1. The summed E-state index contributed by atoms with van der Waals surface area (Å²) in [4.78, 5) is 53.1. The Morgan fingerprint density at radius 3 is 2.27 bits per heavy atom. The number of rotatable bonds is 14. The Kier molecular flexibility index (Phi) is 11.6. The van der Waals surface area contributed by atoms with E-state index in [1.807, 2.05) is 42.5 Å². The molecule has 0 bridgehead atoms. The van der Waals surface area contributed by atoms with Gasteiger partial charge in [0.1, 0.15) is 12.1 Å². The average Bonchev–Trinajstić information content (AvgIpc) is 2.87. The SMILES string of the molecule is NC(=O)C(CS)NC(=O)CNC(=O)C(Cc1ccc2ccccc2c1)NC(=O)[C@H](N)CCCN=C(N)N. The van der Waals surface area contributed by atoms with Gasteiger partial charge in [-0.15, -0.1) is 0 Å². The van der Waals surface area contributed by atoms with Crippen LogP contribution in [0.1, 0.15) is 18.4 Å². The van der Waals surface area contributed by atoms with Gasteiger partial charge < -0.3 is 38.9 Å². The molecule has 0 spiro atoms. The minimum atomic E-state index is -1.01. The Morgan fingerprint density at radius 2 is 1.62 bits per heavy atom. The summed E-state index contributed by atoms with van der Waals surface area (Å²) in [6.07, 6.45) is 0.930. The lowest BCUT2D eigenvalue weighted by Gasteiger charge is -2.21. The molecule has 0 aliphatic heterocycles. The van der Waals surface area contributed by atoms with Gasteiger partial charge >= 0.3 is 0 Å². The first-order valence-electron chi connectivity index (χ1n) is 11.7. The molecule has 0 heterocycles. The summed E-state index contributed by atoms with van der Waals surface area (Å²) in [6, 6.07) is 10.6. The number of carbonyl (C=O) groups is 4. The van der Waals surface area contributed by atoms with E-state index in [1.54, 1.807) is 0 Å². The van der Waals surface area contributed by atoms with Gasteiger partial charge in [-0.05, 0) is 29.2 Å². The quantitative estimate of drug-likeness (QED) is 0.0609. The fraction of sp³-hybridized carbons (Fsp3) is 0.375. The number of primary amides is 1. The van der Waals surface area contributed by atoms with Crippen LogP contribution in [0.4, 0.5) is 0 Å². The van der Waals surface area contributed by atoms with Crippen molar-refractivity contribution in [1.82, 2.24) is 16.0 Å². The second-order valence-electron chi connectivity index (χ2n) is 8.42. The van der Waals surface area contributed by atoms with Crippen LogP contribution in [0, 0.1) is 0 Å². The fourth-order valence-corrected chi connectivity index (χ4v) is 3.75. The van der Waals surface area contributed by atoms with E-state index in [0.717, 1.165) is 16.3 Å². The monoisotopic (exact) mass is 530 g/mol. The maximum absolute atomic E-state index is 13.0. The smallest absolute Gasteiger partial charge is 0.243 e. The van der Waals surface area contributed by atoms with Crippen LogP contribution >= 0.6 is 12.6 Å². The third kappa shape index (κ3) is 9.97. The molecule has 2 aromatic carbocycles. The molecule has 0 saturated carbocycles. The number of hydrogen-bond donors (Lipinski definition) is 8. The van der Waals surface area contributed by atoms with Gasteiger partial charge in [0, 0.05) is 18.7 Å². The van der Waals surface area contributed by atoms with E-state index in [1.165, 1.54) is 0 Å². The van der Waals surface area contributed by atoms with E-state index in [4.69, 9.17) is 22.9 Å². The Bertz CT molecular complexity index is 1140. The summed E-state index contributed by atoms with van der Waals surface area (Å²) in [5, 5.41) is 9.56. The van der Waals surface area contributed by atoms with Crippen LogP contribution in [0.25, 0.3) is 10.8 Å². The molecule has 2 aromatic rings. The number of nitrogens with zero attached hydrogens (tertiary/aromatic N) is 1. The number of nitrogens with two attached hydrogens (primary N) is 4. The first-order valence-corrected chi connectivity index (χ1v) is 12.3. The van der Waals surface area contributed by atoms with Crippen molar-refractivity contribution in [3.63, 3.8) is 0 Å². The summed E-state index contributed by atoms with van der Waals surface area (Å²) in [6.45, 7) is -0.108. The van der Waals surface area contributed by atoms with Crippen molar-refractivity contribution in [2.24, 2.45) is 27.9 Å². The first-order chi connectivity index (χ1) is 17.6. The number of aliphatic imine (C=N–C) groups is 1. The Morgan fingerprint density at radius 1 is 0.919 bits per heavy atom. The number of amides is 4. The van der Waals surface area contributed by atoms with E-state index >= 15 is 0 Å². The van der Waals surface area contributed by atoms with Crippen molar-refractivity contribution in [1.29, 1.82) is 0 Å². The molecular weight excluding hydrogens is 496 g/mol. The highest BCUT2D eigenvalue weighted by Gasteiger charge is 2.25. The van der Waals surface area contributed by atoms with Crippen LogP contribution in [0.15, 0.2) is 47.5 Å². The molecule has 4 amide bonds. The summed E-state index contributed by atoms with van der Waals surface area (Å²) < 4.78 is 0. The van der Waals surface area contributed by atoms with Gasteiger partial charge in [-0.3, -0.25) is 24.2 Å². The second kappa shape index (κ2) is 14.7. The molecule has 200 valence electrons. The van der Waals surface area contributed by atoms with Gasteiger partial charge in [0.05, 0.1) is 12.6 Å². The van der Waals surface area contributed by atoms with Gasteiger partial charge in [0.25, 0.3) is 0 Å². The summed E-state index contributed by atoms with van der Waals surface area (Å²) in [7, 11) is 0. The Hall–Kier alpha value is -3.84. The van der Waals surface area contributed by atoms with Gasteiger partial charge in [-0.1, -0.05) is 42.5 Å². The molecule has 13 heteroatoms. The lowest BCUT2D eigenvalue weighted by atomic mass is 10.0. The van der Waals surface area contributed by atoms with Crippen molar-refractivity contribution in [2.75, 3.05) is 18.8 Å². The molecule has 0 aromatic heterocycles. The molecule has 3 atom stereocenters. The van der Waals surface area contributed by atoms with Gasteiger partial charge in [-0.25, -0.2) is 0 Å². The molecule has 0 fully saturated rings. The number of hydrogen-bond acceptors (Lipinski definition) is 7. The number of benzene rings is 2. The van der Waals surface area contributed by atoms with Crippen molar-refractivity contribution in [3.8, 4) is 0 Å². The number of fused-ring (bicyclic) bond motifs is 1. The molecule has 11 N–H and O–H groups in total. The maximum Gasteiger partial charge on any atom is 0.243 e. The molecule has 37 heavy (non-hydrogen) atoms. The normalized spacial score (nSPS) is 13.1. The highest BCUT2D eigenvalue weighted by Crippen LogP contribution is 2.17. The van der Waals surface area contributed by atoms with Crippen LogP contribution in [-0.4, -0.2) is 66.6 Å². The topological polar surface area (TPSA) is 221 Å². The zero-order valence-electron chi connectivity index (χ0n) is 20.4. The Labute approximate surface area is 220 Å². The van der Waals surface area contributed by atoms with Crippen LogP contribution < -0.4 is 38.9 Å². The molecule has 2 unspecified atom stereocenters. The van der Waals surface area contributed by atoms with E-state index in [0.29, 0.717) is 19.4 Å². The van der Waals surface area contributed by atoms with E-state index in [9.17, 15) is 19.2 Å². The van der Waals surface area contributed by atoms with Gasteiger partial charge in [-0.2, -0.15) is 12.6 Å². The predicted octanol–water partition coefficient (Wildman–Crippen LogP) is -1.74. The molecule has 0 saturated heterocycles. The molecule has 0 aliphatic carbocycles. The number of guanidine groups is 1. The fourth-order valence-electron chi connectivity index (χ4n) is 3.48. The average molecular weight is 531 g/mol. The van der Waals surface area contributed by atoms with E-state index in [-0.39, 0.29) is 18.1 Å². The molecular formula is C24H34N8O4S. The third-order valence-corrected chi connectivity index (χ3v) is 5.84. The summed E-state index contributed by atoms with van der Waals surface area (Å²) >= 11 is 3.97. The van der Waals surface area contributed by atoms with Crippen molar-refractivity contribution in [2.45, 2.75) is 37.4 Å². The zero-order valence-corrected chi connectivity index (χ0v) is 21.2. The molecule has 2 rings (SSSR count). The second-order valence-corrected chi connectivity index (χ2v) is 8.79. The Balaban J connectivity index is 2.09. The minimum Gasteiger partial charge on any atom is -0.370 e. The zero-order chi connectivity index (χ0) is 27.4. The van der Waals surface area contributed by atoms with Crippen LogP contribution in [0.2, 0.25) is 0 Å². The molecule has 12 nitrogen and oxygen atoms in total. The largest absolute Gasteiger partial charge is 0.370 e. The number of thiol groups is 1. The van der Waals surface area contributed by atoms with E-state index in [2.05, 4.69) is 33.6 Å². The molecule has 0 radical (unpaired) electrons. The predicted molar refractivity (Wildman–Crippen MR) is 145 cm³/mol. The highest BCUT2D eigenvalue weighted by molar-refractivity contribution is 7.80. The van der Waals surface area contributed by atoms with Crippen LogP contribution in [0.5, 0.6) is 0 Å². The van der Waals surface area contributed by atoms with Crippen molar-refractivity contribution >= 4 is 53.0 Å². The van der Waals surface area contributed by atoms with Crippen molar-refractivity contribution in [3.05, 3.63) is 48.0 Å². The van der Waals surface area contributed by atoms with E-state index < -0.39 is 48.3 Å². The van der Waals surface area contributed by atoms with Crippen LogP contribution in [-0.2, 0) is 25.6 Å². The third-order valence-electron chi connectivity index (χ3n) is 5.48. The highest BCUT2D eigenvalue weighted by atomic mass is 32.1. The van der Waals surface area contributed by atoms with Crippen LogP contribution in [0.3, 0.4) is 0 Å². The number of carbonyl (C=O) groups excluding carboxylic acids is 4. The number of nitrogens with one attached hydrogen (secondary N) is 3. The lowest BCUT2D eigenvalue weighted by molar-refractivity contribution is -0.131. The summed E-state index contributed by atoms with van der Waals surface area (Å²) in [5.74, 6) is -2.53.